The molecular weight excluding hydrogens is 280 g/mol. The Hall–Kier alpha value is -2.59. The summed E-state index contributed by atoms with van der Waals surface area (Å²) in [7, 11) is 1.53. The lowest BCUT2D eigenvalue weighted by atomic mass is 9.92. The maximum atomic E-state index is 12.8. The number of rotatable bonds is 2. The second-order valence-electron chi connectivity index (χ2n) is 5.24. The summed E-state index contributed by atoms with van der Waals surface area (Å²) in [6, 6.07) is 15.0. The van der Waals surface area contributed by atoms with Crippen molar-refractivity contribution < 1.29 is 18.7 Å². The van der Waals surface area contributed by atoms with Gasteiger partial charge in [0.2, 0.25) is 0 Å². The van der Waals surface area contributed by atoms with E-state index in [2.05, 4.69) is 0 Å². The zero-order valence-electron chi connectivity index (χ0n) is 12.0. The number of carbonyl (C=O) groups excluding carboxylic acids is 1. The van der Waals surface area contributed by atoms with Crippen LogP contribution >= 0.6 is 0 Å². The van der Waals surface area contributed by atoms with Crippen LogP contribution in [0.4, 0.5) is 0 Å². The van der Waals surface area contributed by atoms with Crippen LogP contribution in [-0.2, 0) is 4.74 Å². The number of carbonyl (C=O) groups is 1. The Labute approximate surface area is 127 Å². The minimum absolute atomic E-state index is 0.0688. The van der Waals surface area contributed by atoms with E-state index in [1.54, 1.807) is 18.4 Å². The maximum absolute atomic E-state index is 12.8. The summed E-state index contributed by atoms with van der Waals surface area (Å²) in [5.74, 6) is 0.499. The number of methoxy groups -OCH3 is 1. The number of benzene rings is 2. The molecule has 2 heterocycles. The minimum Gasteiger partial charge on any atom is -0.481 e. The average molecular weight is 294 g/mol. The number of ketones is 1. The van der Waals surface area contributed by atoms with Gasteiger partial charge in [0.15, 0.2) is 18.0 Å². The summed E-state index contributed by atoms with van der Waals surface area (Å²) in [6.07, 6.45) is 0.476. The molecule has 1 aliphatic rings. The standard InChI is InChI=1S/C18H14O4/c1-20-18-15(19)13-7-8-14-12(9-10-21-14)17(13)22-16(18)11-5-3-2-4-6-11/h2-10,16,18H,1H3/t16-,18-/m1/s1. The van der Waals surface area contributed by atoms with E-state index in [1.165, 1.54) is 7.11 Å². The third kappa shape index (κ3) is 1.84. The molecule has 1 aromatic heterocycles. The summed E-state index contributed by atoms with van der Waals surface area (Å²) in [6.45, 7) is 0. The molecule has 0 unspecified atom stereocenters. The zero-order valence-corrected chi connectivity index (χ0v) is 12.0. The Bertz CT molecular complexity index is 835. The van der Waals surface area contributed by atoms with E-state index < -0.39 is 12.2 Å². The van der Waals surface area contributed by atoms with E-state index in [0.29, 0.717) is 16.9 Å². The van der Waals surface area contributed by atoms with Gasteiger partial charge in [-0.15, -0.1) is 0 Å². The molecule has 1 aliphatic heterocycles. The molecule has 0 saturated heterocycles. The Morgan fingerprint density at radius 3 is 2.64 bits per heavy atom. The predicted octanol–water partition coefficient (Wildman–Crippen LogP) is 3.76. The van der Waals surface area contributed by atoms with Crippen molar-refractivity contribution >= 4 is 16.8 Å². The molecule has 0 saturated carbocycles. The van der Waals surface area contributed by atoms with Gasteiger partial charge in [0.25, 0.3) is 0 Å². The van der Waals surface area contributed by atoms with E-state index in [9.17, 15) is 4.79 Å². The summed E-state index contributed by atoms with van der Waals surface area (Å²) in [4.78, 5) is 12.8. The van der Waals surface area contributed by atoms with Gasteiger partial charge in [-0.05, 0) is 23.8 Å². The molecule has 0 radical (unpaired) electrons. The first kappa shape index (κ1) is 13.1. The van der Waals surface area contributed by atoms with Crippen molar-refractivity contribution in [3.05, 3.63) is 65.9 Å². The normalized spacial score (nSPS) is 20.7. The van der Waals surface area contributed by atoms with E-state index >= 15 is 0 Å². The van der Waals surface area contributed by atoms with Gasteiger partial charge in [-0.2, -0.15) is 0 Å². The SMILES string of the molecule is CO[C@@H]1C(=O)c2ccc3occc3c2O[C@@H]1c1ccccc1. The van der Waals surface area contributed by atoms with Crippen molar-refractivity contribution in [1.82, 2.24) is 0 Å². The number of fused-ring (bicyclic) bond motifs is 3. The largest absolute Gasteiger partial charge is 0.481 e. The van der Waals surface area contributed by atoms with Crippen LogP contribution in [0.25, 0.3) is 11.0 Å². The summed E-state index contributed by atoms with van der Waals surface area (Å²) < 4.78 is 17.0. The molecule has 4 nitrogen and oxygen atoms in total. The van der Waals surface area contributed by atoms with Gasteiger partial charge >= 0.3 is 0 Å². The highest BCUT2D eigenvalue weighted by Crippen LogP contribution is 2.41. The highest BCUT2D eigenvalue weighted by Gasteiger charge is 2.39. The molecule has 2 aromatic carbocycles. The van der Waals surface area contributed by atoms with Crippen LogP contribution in [0.5, 0.6) is 5.75 Å². The lowest BCUT2D eigenvalue weighted by molar-refractivity contribution is 0.0000676. The van der Waals surface area contributed by atoms with Gasteiger partial charge in [-0.1, -0.05) is 30.3 Å². The smallest absolute Gasteiger partial charge is 0.199 e. The first-order chi connectivity index (χ1) is 10.8. The van der Waals surface area contributed by atoms with Crippen molar-refractivity contribution in [2.24, 2.45) is 0 Å². The molecule has 22 heavy (non-hydrogen) atoms. The fourth-order valence-electron chi connectivity index (χ4n) is 2.93. The second kappa shape index (κ2) is 5.00. The molecule has 0 amide bonds. The number of ether oxygens (including phenoxy) is 2. The van der Waals surface area contributed by atoms with Crippen molar-refractivity contribution in [1.29, 1.82) is 0 Å². The quantitative estimate of drug-likeness (QED) is 0.722. The minimum atomic E-state index is -0.653. The van der Waals surface area contributed by atoms with Crippen LogP contribution in [0.15, 0.2) is 59.2 Å². The van der Waals surface area contributed by atoms with Crippen molar-refractivity contribution in [2.75, 3.05) is 7.11 Å². The molecule has 0 spiro atoms. The first-order valence-electron chi connectivity index (χ1n) is 7.08. The highest BCUT2D eigenvalue weighted by atomic mass is 16.5. The molecule has 0 aliphatic carbocycles. The predicted molar refractivity (Wildman–Crippen MR) is 81.2 cm³/mol. The third-order valence-electron chi connectivity index (χ3n) is 4.01. The van der Waals surface area contributed by atoms with Crippen LogP contribution in [-0.4, -0.2) is 19.0 Å². The van der Waals surface area contributed by atoms with Gasteiger partial charge in [-0.3, -0.25) is 4.79 Å². The van der Waals surface area contributed by atoms with Crippen molar-refractivity contribution in [3.8, 4) is 5.75 Å². The van der Waals surface area contributed by atoms with Gasteiger partial charge in [0, 0.05) is 7.11 Å². The molecule has 4 heteroatoms. The third-order valence-corrected chi connectivity index (χ3v) is 4.01. The van der Waals surface area contributed by atoms with Crippen LogP contribution in [0.2, 0.25) is 0 Å². The molecule has 0 bridgehead atoms. The number of hydrogen-bond acceptors (Lipinski definition) is 4. The molecule has 0 N–H and O–H groups in total. The fraction of sp³-hybridized carbons (Fsp3) is 0.167. The van der Waals surface area contributed by atoms with E-state index in [1.807, 2.05) is 36.4 Å². The number of hydrogen-bond donors (Lipinski definition) is 0. The number of furan rings is 1. The summed E-state index contributed by atoms with van der Waals surface area (Å²) >= 11 is 0. The van der Waals surface area contributed by atoms with Crippen LogP contribution < -0.4 is 4.74 Å². The van der Waals surface area contributed by atoms with Crippen molar-refractivity contribution in [2.45, 2.75) is 12.2 Å². The van der Waals surface area contributed by atoms with Crippen molar-refractivity contribution in [3.63, 3.8) is 0 Å². The van der Waals surface area contributed by atoms with Crippen LogP contribution in [0.3, 0.4) is 0 Å². The van der Waals surface area contributed by atoms with Crippen LogP contribution in [0, 0.1) is 0 Å². The summed E-state index contributed by atoms with van der Waals surface area (Å²) in [5, 5.41) is 0.807. The Morgan fingerprint density at radius 2 is 1.86 bits per heavy atom. The molecular formula is C18H14O4. The van der Waals surface area contributed by atoms with E-state index in [0.717, 1.165) is 10.9 Å². The Kier molecular flexibility index (Phi) is 2.98. The molecule has 3 aromatic rings. The van der Waals surface area contributed by atoms with Gasteiger partial charge in [0.1, 0.15) is 11.3 Å². The average Bonchev–Trinajstić information content (AvgIpc) is 3.04. The Morgan fingerprint density at radius 1 is 1.05 bits per heavy atom. The zero-order chi connectivity index (χ0) is 15.1. The first-order valence-corrected chi connectivity index (χ1v) is 7.08. The second-order valence-corrected chi connectivity index (χ2v) is 5.24. The van der Waals surface area contributed by atoms with E-state index in [-0.39, 0.29) is 5.78 Å². The fourth-order valence-corrected chi connectivity index (χ4v) is 2.93. The highest BCUT2D eigenvalue weighted by molar-refractivity contribution is 6.07. The van der Waals surface area contributed by atoms with Gasteiger partial charge in [-0.25, -0.2) is 0 Å². The van der Waals surface area contributed by atoms with E-state index in [4.69, 9.17) is 13.9 Å². The molecule has 4 rings (SSSR count). The molecule has 0 fully saturated rings. The van der Waals surface area contributed by atoms with Gasteiger partial charge in [0.05, 0.1) is 17.2 Å². The monoisotopic (exact) mass is 294 g/mol. The topological polar surface area (TPSA) is 48.7 Å². The maximum Gasteiger partial charge on any atom is 0.199 e. The molecule has 110 valence electrons. The van der Waals surface area contributed by atoms with Gasteiger partial charge < -0.3 is 13.9 Å². The Balaban J connectivity index is 1.89. The molecule has 2 atom stereocenters. The lowest BCUT2D eigenvalue weighted by Crippen LogP contribution is -2.37. The van der Waals surface area contributed by atoms with Crippen LogP contribution in [0.1, 0.15) is 22.0 Å². The summed E-state index contributed by atoms with van der Waals surface area (Å²) in [5.41, 5.74) is 2.15. The lowest BCUT2D eigenvalue weighted by Gasteiger charge is -2.32. The number of Topliss-reactive ketones (excluding diaryl/α,β-unsaturated/α-hetero) is 1.